The van der Waals surface area contributed by atoms with Crippen molar-refractivity contribution in [2.75, 3.05) is 19.0 Å². The van der Waals surface area contributed by atoms with Gasteiger partial charge in [0.2, 0.25) is 0 Å². The SMILES string of the molecule is COCC(C#N)(Nc1ccccc1Cl)C(C)C. The van der Waals surface area contributed by atoms with E-state index in [-0.39, 0.29) is 5.92 Å². The Morgan fingerprint density at radius 2 is 2.12 bits per heavy atom. The average Bonchev–Trinajstić information content (AvgIpc) is 2.31. The number of ether oxygens (including phenoxy) is 1. The molecule has 1 aromatic rings. The third-order valence-electron chi connectivity index (χ3n) is 2.79. The highest BCUT2D eigenvalue weighted by molar-refractivity contribution is 6.33. The Kier molecular flexibility index (Phi) is 4.80. The van der Waals surface area contributed by atoms with E-state index in [0.29, 0.717) is 11.6 Å². The maximum atomic E-state index is 9.39. The van der Waals surface area contributed by atoms with Crippen molar-refractivity contribution in [3.05, 3.63) is 29.3 Å². The summed E-state index contributed by atoms with van der Waals surface area (Å²) >= 11 is 6.08. The first-order chi connectivity index (χ1) is 8.05. The summed E-state index contributed by atoms with van der Waals surface area (Å²) in [5, 5.41) is 13.2. The van der Waals surface area contributed by atoms with Crippen LogP contribution in [0, 0.1) is 17.2 Å². The summed E-state index contributed by atoms with van der Waals surface area (Å²) in [6.45, 7) is 4.27. The van der Waals surface area contributed by atoms with Crippen molar-refractivity contribution in [2.24, 2.45) is 5.92 Å². The molecule has 0 fully saturated rings. The second-order valence-electron chi connectivity index (χ2n) is 4.28. The molecule has 3 nitrogen and oxygen atoms in total. The van der Waals surface area contributed by atoms with Crippen LogP contribution in [0.15, 0.2) is 24.3 Å². The predicted molar refractivity (Wildman–Crippen MR) is 70.1 cm³/mol. The van der Waals surface area contributed by atoms with Crippen LogP contribution < -0.4 is 5.32 Å². The molecule has 0 aliphatic rings. The van der Waals surface area contributed by atoms with Gasteiger partial charge in [-0.2, -0.15) is 5.26 Å². The lowest BCUT2D eigenvalue weighted by Crippen LogP contribution is -2.46. The van der Waals surface area contributed by atoms with Gasteiger partial charge in [-0.1, -0.05) is 37.6 Å². The molecule has 0 saturated carbocycles. The first kappa shape index (κ1) is 13.8. The van der Waals surface area contributed by atoms with E-state index in [4.69, 9.17) is 16.3 Å². The molecule has 0 spiro atoms. The lowest BCUT2D eigenvalue weighted by molar-refractivity contribution is 0.144. The van der Waals surface area contributed by atoms with E-state index >= 15 is 0 Å². The fourth-order valence-electron chi connectivity index (χ4n) is 1.57. The van der Waals surface area contributed by atoms with E-state index in [1.54, 1.807) is 13.2 Å². The van der Waals surface area contributed by atoms with Gasteiger partial charge in [-0.25, -0.2) is 0 Å². The number of nitrogens with zero attached hydrogens (tertiary/aromatic N) is 1. The van der Waals surface area contributed by atoms with Crippen molar-refractivity contribution in [3.8, 4) is 6.07 Å². The van der Waals surface area contributed by atoms with Crippen LogP contribution in [-0.2, 0) is 4.74 Å². The molecular formula is C13H17ClN2O. The fraction of sp³-hybridized carbons (Fsp3) is 0.462. The highest BCUT2D eigenvalue weighted by Crippen LogP contribution is 2.28. The maximum Gasteiger partial charge on any atom is 0.151 e. The minimum atomic E-state index is -0.764. The van der Waals surface area contributed by atoms with Gasteiger partial charge < -0.3 is 10.1 Å². The molecule has 0 saturated heterocycles. The third kappa shape index (κ3) is 3.12. The zero-order valence-electron chi connectivity index (χ0n) is 10.3. The number of nitriles is 1. The van der Waals surface area contributed by atoms with Gasteiger partial charge >= 0.3 is 0 Å². The van der Waals surface area contributed by atoms with Crippen LogP contribution in [0.3, 0.4) is 0 Å². The van der Waals surface area contributed by atoms with Crippen molar-refractivity contribution >= 4 is 17.3 Å². The summed E-state index contributed by atoms with van der Waals surface area (Å²) in [5.41, 5.74) is -0.0128. The van der Waals surface area contributed by atoms with E-state index in [1.807, 2.05) is 32.0 Å². The van der Waals surface area contributed by atoms with E-state index in [9.17, 15) is 5.26 Å². The zero-order chi connectivity index (χ0) is 12.9. The van der Waals surface area contributed by atoms with Crippen LogP contribution >= 0.6 is 11.6 Å². The van der Waals surface area contributed by atoms with Gasteiger partial charge in [-0.05, 0) is 18.1 Å². The zero-order valence-corrected chi connectivity index (χ0v) is 11.1. The largest absolute Gasteiger partial charge is 0.381 e. The summed E-state index contributed by atoms with van der Waals surface area (Å²) in [6, 6.07) is 9.67. The van der Waals surface area contributed by atoms with E-state index in [1.165, 1.54) is 0 Å². The van der Waals surface area contributed by atoms with Gasteiger partial charge in [0.15, 0.2) is 5.54 Å². The van der Waals surface area contributed by atoms with Crippen molar-refractivity contribution in [1.82, 2.24) is 0 Å². The van der Waals surface area contributed by atoms with Crippen LogP contribution in [0.4, 0.5) is 5.69 Å². The first-order valence-electron chi connectivity index (χ1n) is 5.48. The quantitative estimate of drug-likeness (QED) is 0.874. The van der Waals surface area contributed by atoms with E-state index in [2.05, 4.69) is 11.4 Å². The van der Waals surface area contributed by atoms with Crippen LogP contribution in [-0.4, -0.2) is 19.3 Å². The standard InChI is InChI=1S/C13H17ClN2O/c1-10(2)13(8-15,9-17-3)16-12-7-5-4-6-11(12)14/h4-7,10,16H,9H2,1-3H3. The Morgan fingerprint density at radius 1 is 1.47 bits per heavy atom. The molecule has 92 valence electrons. The van der Waals surface area contributed by atoms with Gasteiger partial charge in [0.1, 0.15) is 0 Å². The molecule has 0 aliphatic heterocycles. The van der Waals surface area contributed by atoms with Crippen LogP contribution in [0.25, 0.3) is 0 Å². The van der Waals surface area contributed by atoms with Crippen LogP contribution in [0.1, 0.15) is 13.8 Å². The first-order valence-corrected chi connectivity index (χ1v) is 5.86. The van der Waals surface area contributed by atoms with Crippen molar-refractivity contribution in [1.29, 1.82) is 5.26 Å². The number of halogens is 1. The van der Waals surface area contributed by atoms with Gasteiger partial charge in [0.25, 0.3) is 0 Å². The molecule has 17 heavy (non-hydrogen) atoms. The van der Waals surface area contributed by atoms with Gasteiger partial charge in [0.05, 0.1) is 23.4 Å². The lowest BCUT2D eigenvalue weighted by atomic mass is 9.88. The molecule has 0 amide bonds. The summed E-state index contributed by atoms with van der Waals surface area (Å²) in [4.78, 5) is 0. The number of benzene rings is 1. The predicted octanol–water partition coefficient (Wildman–Crippen LogP) is 3.32. The fourth-order valence-corrected chi connectivity index (χ4v) is 1.75. The van der Waals surface area contributed by atoms with Crippen molar-refractivity contribution in [2.45, 2.75) is 19.4 Å². The number of methoxy groups -OCH3 is 1. The van der Waals surface area contributed by atoms with Gasteiger partial charge in [-0.15, -0.1) is 0 Å². The molecule has 1 rings (SSSR count). The minimum absolute atomic E-state index is 0.101. The number of rotatable bonds is 5. The molecule has 1 atom stereocenters. The Labute approximate surface area is 107 Å². The highest BCUT2D eigenvalue weighted by atomic mass is 35.5. The Bertz CT molecular complexity index is 414. The number of hydrogen-bond donors (Lipinski definition) is 1. The number of hydrogen-bond acceptors (Lipinski definition) is 3. The molecule has 0 aliphatic carbocycles. The molecule has 0 heterocycles. The maximum absolute atomic E-state index is 9.39. The topological polar surface area (TPSA) is 45.0 Å². The lowest BCUT2D eigenvalue weighted by Gasteiger charge is -2.32. The normalized spacial score (nSPS) is 14.1. The Balaban J connectivity index is 3.03. The molecule has 4 heteroatoms. The molecule has 0 radical (unpaired) electrons. The monoisotopic (exact) mass is 252 g/mol. The number of nitrogens with one attached hydrogen (secondary N) is 1. The van der Waals surface area contributed by atoms with Crippen molar-refractivity contribution < 1.29 is 4.74 Å². The molecule has 1 aromatic carbocycles. The average molecular weight is 253 g/mol. The third-order valence-corrected chi connectivity index (χ3v) is 3.12. The summed E-state index contributed by atoms with van der Waals surface area (Å²) in [6.07, 6.45) is 0. The molecule has 0 bridgehead atoms. The van der Waals surface area contributed by atoms with Crippen LogP contribution in [0.5, 0.6) is 0 Å². The molecule has 1 unspecified atom stereocenters. The minimum Gasteiger partial charge on any atom is -0.381 e. The highest BCUT2D eigenvalue weighted by Gasteiger charge is 2.34. The molecule has 1 N–H and O–H groups in total. The summed E-state index contributed by atoms with van der Waals surface area (Å²) in [7, 11) is 1.59. The van der Waals surface area contributed by atoms with E-state index < -0.39 is 5.54 Å². The van der Waals surface area contributed by atoms with Crippen LogP contribution in [0.2, 0.25) is 5.02 Å². The Morgan fingerprint density at radius 3 is 2.59 bits per heavy atom. The van der Waals surface area contributed by atoms with Crippen molar-refractivity contribution in [3.63, 3.8) is 0 Å². The van der Waals surface area contributed by atoms with Gasteiger partial charge in [-0.3, -0.25) is 0 Å². The Hall–Kier alpha value is -1.24. The molecular weight excluding hydrogens is 236 g/mol. The summed E-state index contributed by atoms with van der Waals surface area (Å²) in [5.74, 6) is 0.101. The summed E-state index contributed by atoms with van der Waals surface area (Å²) < 4.78 is 5.14. The second kappa shape index (κ2) is 5.90. The number of anilines is 1. The van der Waals surface area contributed by atoms with Gasteiger partial charge in [0, 0.05) is 7.11 Å². The van der Waals surface area contributed by atoms with E-state index in [0.717, 1.165) is 5.69 Å². The molecule has 0 aromatic heterocycles. The smallest absolute Gasteiger partial charge is 0.151 e. The second-order valence-corrected chi connectivity index (χ2v) is 4.68. The number of para-hydroxylation sites is 1.